The maximum absolute atomic E-state index is 11.2. The van der Waals surface area contributed by atoms with Gasteiger partial charge >= 0.3 is 5.97 Å². The molecule has 2 N–H and O–H groups in total. The average Bonchev–Trinajstić information content (AvgIpc) is 2.10. The number of aliphatic hydroxyl groups is 1. The largest absolute Gasteiger partial charge is 0.469 e. The number of carbonyl (C=O) groups is 2. The normalized spacial score (nSPS) is 29.9. The zero-order valence-electron chi connectivity index (χ0n) is 8.48. The van der Waals surface area contributed by atoms with Crippen molar-refractivity contribution < 1.29 is 19.4 Å². The van der Waals surface area contributed by atoms with Crippen LogP contribution in [0, 0.1) is 11.8 Å². The minimum Gasteiger partial charge on any atom is -0.469 e. The predicted molar refractivity (Wildman–Crippen MR) is 48.3 cm³/mol. The number of rotatable bonds is 3. The summed E-state index contributed by atoms with van der Waals surface area (Å²) >= 11 is 0. The van der Waals surface area contributed by atoms with E-state index >= 15 is 0 Å². The van der Waals surface area contributed by atoms with Crippen molar-refractivity contribution in [3.05, 3.63) is 0 Å². The number of carbonyl (C=O) groups excluding carboxylic acids is 2. The fourth-order valence-corrected chi connectivity index (χ4v) is 1.70. The van der Waals surface area contributed by atoms with Crippen molar-refractivity contribution in [3.8, 4) is 0 Å². The highest BCUT2D eigenvalue weighted by Gasteiger charge is 2.47. The second-order valence-corrected chi connectivity index (χ2v) is 3.61. The third-order valence-corrected chi connectivity index (χ3v) is 2.63. The standard InChI is InChI=1S/C9H15NO4/c1-4(9(13)14-3)7-6(5(2)11)8(12)10-7/h4-7,11H,1-3H3,(H,10,12)/t4-,5-,6?,7?/m1/s1. The van der Waals surface area contributed by atoms with E-state index in [4.69, 9.17) is 0 Å². The lowest BCUT2D eigenvalue weighted by molar-refractivity contribution is -0.153. The summed E-state index contributed by atoms with van der Waals surface area (Å²) in [5, 5.41) is 11.9. The molecule has 1 aliphatic heterocycles. The summed E-state index contributed by atoms with van der Waals surface area (Å²) in [6, 6.07) is -0.310. The van der Waals surface area contributed by atoms with Crippen molar-refractivity contribution in [2.75, 3.05) is 7.11 Å². The van der Waals surface area contributed by atoms with E-state index in [9.17, 15) is 14.7 Å². The lowest BCUT2D eigenvalue weighted by Crippen LogP contribution is -2.65. The number of β-lactam (4-membered cyclic amide) rings is 1. The molecule has 80 valence electrons. The average molecular weight is 201 g/mol. The molecule has 1 amide bonds. The second-order valence-electron chi connectivity index (χ2n) is 3.61. The molecule has 0 saturated carbocycles. The quantitative estimate of drug-likeness (QED) is 0.467. The van der Waals surface area contributed by atoms with E-state index in [0.717, 1.165) is 0 Å². The SMILES string of the molecule is COC(=O)[C@H](C)C1NC(=O)C1[C@@H](C)O. The third-order valence-electron chi connectivity index (χ3n) is 2.63. The number of aliphatic hydroxyl groups excluding tert-OH is 1. The molecule has 5 heteroatoms. The van der Waals surface area contributed by atoms with Gasteiger partial charge in [-0.2, -0.15) is 0 Å². The Hall–Kier alpha value is -1.10. The first-order chi connectivity index (χ1) is 6.49. The molecule has 0 aromatic carbocycles. The molecular formula is C9H15NO4. The van der Waals surface area contributed by atoms with Gasteiger partial charge in [-0.25, -0.2) is 0 Å². The van der Waals surface area contributed by atoms with Crippen LogP contribution in [0.1, 0.15) is 13.8 Å². The van der Waals surface area contributed by atoms with Crippen molar-refractivity contribution >= 4 is 11.9 Å². The predicted octanol–water partition coefficient (Wildman–Crippen LogP) is -0.709. The third kappa shape index (κ3) is 1.72. The van der Waals surface area contributed by atoms with E-state index in [0.29, 0.717) is 0 Å². The van der Waals surface area contributed by atoms with Gasteiger partial charge in [-0.15, -0.1) is 0 Å². The molecule has 0 aliphatic carbocycles. The molecule has 0 spiro atoms. The van der Waals surface area contributed by atoms with E-state index in [1.165, 1.54) is 7.11 Å². The Morgan fingerprint density at radius 2 is 2.14 bits per heavy atom. The number of hydrogen-bond donors (Lipinski definition) is 2. The maximum atomic E-state index is 11.2. The summed E-state index contributed by atoms with van der Waals surface area (Å²) in [7, 11) is 1.30. The molecule has 1 rings (SSSR count). The van der Waals surface area contributed by atoms with Crippen molar-refractivity contribution in [2.24, 2.45) is 11.8 Å². The molecule has 0 aromatic heterocycles. The minimum absolute atomic E-state index is 0.208. The van der Waals surface area contributed by atoms with Gasteiger partial charge in [0.05, 0.1) is 31.1 Å². The Morgan fingerprint density at radius 3 is 2.50 bits per heavy atom. The van der Waals surface area contributed by atoms with Gasteiger partial charge in [-0.3, -0.25) is 9.59 Å². The van der Waals surface area contributed by atoms with E-state index in [1.54, 1.807) is 13.8 Å². The molecule has 0 bridgehead atoms. The van der Waals surface area contributed by atoms with Crippen LogP contribution in [0.15, 0.2) is 0 Å². The monoisotopic (exact) mass is 201 g/mol. The Bertz CT molecular complexity index is 251. The Kier molecular flexibility index (Phi) is 3.10. The molecule has 1 saturated heterocycles. The molecule has 5 nitrogen and oxygen atoms in total. The Balaban J connectivity index is 2.62. The maximum Gasteiger partial charge on any atom is 0.310 e. The van der Waals surface area contributed by atoms with Crippen LogP contribution >= 0.6 is 0 Å². The van der Waals surface area contributed by atoms with Gasteiger partial charge in [0.2, 0.25) is 5.91 Å². The molecule has 0 aromatic rings. The van der Waals surface area contributed by atoms with Gasteiger partial charge in [0.15, 0.2) is 0 Å². The number of amides is 1. The smallest absolute Gasteiger partial charge is 0.310 e. The lowest BCUT2D eigenvalue weighted by Gasteiger charge is -2.40. The molecule has 2 unspecified atom stereocenters. The first-order valence-electron chi connectivity index (χ1n) is 4.55. The van der Waals surface area contributed by atoms with Gasteiger partial charge in [-0.1, -0.05) is 0 Å². The first kappa shape index (κ1) is 11.0. The topological polar surface area (TPSA) is 75.6 Å². The Labute approximate surface area is 82.4 Å². The molecule has 4 atom stereocenters. The number of esters is 1. The van der Waals surface area contributed by atoms with Crippen molar-refractivity contribution in [3.63, 3.8) is 0 Å². The summed E-state index contributed by atoms with van der Waals surface area (Å²) in [6.07, 6.45) is -0.735. The van der Waals surface area contributed by atoms with Crippen LogP contribution in [-0.2, 0) is 14.3 Å². The minimum atomic E-state index is -0.735. The van der Waals surface area contributed by atoms with Crippen molar-refractivity contribution in [2.45, 2.75) is 26.0 Å². The molecule has 1 aliphatic rings. The van der Waals surface area contributed by atoms with Gasteiger partial charge in [-0.05, 0) is 13.8 Å². The van der Waals surface area contributed by atoms with Crippen LogP contribution in [0.2, 0.25) is 0 Å². The van der Waals surface area contributed by atoms with E-state index < -0.39 is 17.9 Å². The highest BCUT2D eigenvalue weighted by molar-refractivity contribution is 5.88. The zero-order chi connectivity index (χ0) is 10.9. The summed E-state index contributed by atoms with van der Waals surface area (Å²) in [6.45, 7) is 3.21. The first-order valence-corrected chi connectivity index (χ1v) is 4.55. The van der Waals surface area contributed by atoms with Gasteiger partial charge < -0.3 is 15.2 Å². The Morgan fingerprint density at radius 1 is 1.57 bits per heavy atom. The second kappa shape index (κ2) is 3.96. The summed E-state index contributed by atoms with van der Waals surface area (Å²) < 4.78 is 4.56. The van der Waals surface area contributed by atoms with Crippen LogP contribution in [0.3, 0.4) is 0 Å². The van der Waals surface area contributed by atoms with Crippen LogP contribution in [0.5, 0.6) is 0 Å². The van der Waals surface area contributed by atoms with E-state index in [-0.39, 0.29) is 17.9 Å². The molecule has 1 fully saturated rings. The lowest BCUT2D eigenvalue weighted by atomic mass is 9.79. The number of hydrogen-bond acceptors (Lipinski definition) is 4. The number of methoxy groups -OCH3 is 1. The van der Waals surface area contributed by atoms with E-state index in [1.807, 2.05) is 0 Å². The van der Waals surface area contributed by atoms with Gasteiger partial charge in [0, 0.05) is 0 Å². The number of nitrogens with one attached hydrogen (secondary N) is 1. The summed E-state index contributed by atoms with van der Waals surface area (Å²) in [5.74, 6) is -1.50. The van der Waals surface area contributed by atoms with Crippen LogP contribution in [-0.4, -0.2) is 36.2 Å². The fourth-order valence-electron chi connectivity index (χ4n) is 1.70. The molecule has 14 heavy (non-hydrogen) atoms. The summed E-state index contributed by atoms with van der Waals surface area (Å²) in [4.78, 5) is 22.2. The zero-order valence-corrected chi connectivity index (χ0v) is 8.48. The number of ether oxygens (including phenoxy) is 1. The highest BCUT2D eigenvalue weighted by atomic mass is 16.5. The van der Waals surface area contributed by atoms with Crippen LogP contribution < -0.4 is 5.32 Å². The molecular weight excluding hydrogens is 186 g/mol. The highest BCUT2D eigenvalue weighted by Crippen LogP contribution is 2.25. The van der Waals surface area contributed by atoms with Crippen LogP contribution in [0.4, 0.5) is 0 Å². The van der Waals surface area contributed by atoms with Crippen LogP contribution in [0.25, 0.3) is 0 Å². The summed E-state index contributed by atoms with van der Waals surface area (Å²) in [5.41, 5.74) is 0. The van der Waals surface area contributed by atoms with Crippen molar-refractivity contribution in [1.82, 2.24) is 5.32 Å². The van der Waals surface area contributed by atoms with Crippen molar-refractivity contribution in [1.29, 1.82) is 0 Å². The van der Waals surface area contributed by atoms with Gasteiger partial charge in [0.25, 0.3) is 0 Å². The molecule has 0 radical (unpaired) electrons. The molecule has 1 heterocycles. The van der Waals surface area contributed by atoms with Gasteiger partial charge in [0.1, 0.15) is 0 Å². The van der Waals surface area contributed by atoms with E-state index in [2.05, 4.69) is 10.1 Å². The fraction of sp³-hybridized carbons (Fsp3) is 0.778.